The first-order valence-electron chi connectivity index (χ1n) is 6.47. The molecule has 1 amide bonds. The van der Waals surface area contributed by atoms with Crippen LogP contribution in [0.1, 0.15) is 12.8 Å². The molecule has 0 unspecified atom stereocenters. The van der Waals surface area contributed by atoms with Gasteiger partial charge in [0.05, 0.1) is 4.92 Å². The van der Waals surface area contributed by atoms with Crippen molar-refractivity contribution in [3.63, 3.8) is 0 Å². The molecule has 1 aliphatic heterocycles. The van der Waals surface area contributed by atoms with Crippen molar-refractivity contribution in [1.82, 2.24) is 4.90 Å². The second-order valence-electron chi connectivity index (χ2n) is 4.73. The van der Waals surface area contributed by atoms with Gasteiger partial charge in [0.1, 0.15) is 0 Å². The molecule has 1 saturated heterocycles. The minimum absolute atomic E-state index is 0.111. The van der Waals surface area contributed by atoms with Crippen molar-refractivity contribution in [2.24, 2.45) is 5.73 Å². The quantitative estimate of drug-likeness (QED) is 0.652. The van der Waals surface area contributed by atoms with E-state index in [1.165, 1.54) is 12.1 Å². The summed E-state index contributed by atoms with van der Waals surface area (Å²) in [6.45, 7) is 1.03. The third-order valence-electron chi connectivity index (χ3n) is 3.31. The molecule has 1 fully saturated rings. The fourth-order valence-electron chi connectivity index (χ4n) is 2.11. The SMILES string of the molecule is NC1CCN(C(=O)COc2ccccc2[N+](=O)[O-])CC1. The predicted molar refractivity (Wildman–Crippen MR) is 72.4 cm³/mol. The van der Waals surface area contributed by atoms with Crippen molar-refractivity contribution in [3.05, 3.63) is 34.4 Å². The number of carbonyl (C=O) groups excluding carboxylic acids is 1. The summed E-state index contributed by atoms with van der Waals surface area (Å²) in [4.78, 5) is 23.9. The minimum atomic E-state index is -0.528. The number of nitro benzene ring substituents is 1. The van der Waals surface area contributed by atoms with Crippen LogP contribution in [0.2, 0.25) is 0 Å². The van der Waals surface area contributed by atoms with Crippen LogP contribution in [-0.2, 0) is 4.79 Å². The summed E-state index contributed by atoms with van der Waals surface area (Å²) in [6, 6.07) is 6.16. The zero-order valence-corrected chi connectivity index (χ0v) is 11.0. The fourth-order valence-corrected chi connectivity index (χ4v) is 2.11. The number of nitrogens with zero attached hydrogens (tertiary/aromatic N) is 2. The molecule has 0 bridgehead atoms. The summed E-state index contributed by atoms with van der Waals surface area (Å²) in [5.74, 6) is -0.0605. The maximum absolute atomic E-state index is 11.9. The summed E-state index contributed by atoms with van der Waals surface area (Å²) < 4.78 is 5.28. The van der Waals surface area contributed by atoms with E-state index in [4.69, 9.17) is 10.5 Å². The molecule has 2 N–H and O–H groups in total. The summed E-state index contributed by atoms with van der Waals surface area (Å²) in [5, 5.41) is 10.8. The molecule has 0 atom stereocenters. The first-order valence-corrected chi connectivity index (χ1v) is 6.47. The number of likely N-dealkylation sites (tertiary alicyclic amines) is 1. The number of nitro groups is 1. The van der Waals surface area contributed by atoms with Gasteiger partial charge >= 0.3 is 5.69 Å². The van der Waals surface area contributed by atoms with Crippen LogP contribution in [-0.4, -0.2) is 41.5 Å². The average Bonchev–Trinajstić information content (AvgIpc) is 2.45. The lowest BCUT2D eigenvalue weighted by molar-refractivity contribution is -0.385. The number of amides is 1. The summed E-state index contributed by atoms with van der Waals surface area (Å²) in [6.07, 6.45) is 1.55. The third-order valence-corrected chi connectivity index (χ3v) is 3.31. The molecular weight excluding hydrogens is 262 g/mol. The van der Waals surface area contributed by atoms with E-state index in [1.54, 1.807) is 17.0 Å². The van der Waals surface area contributed by atoms with E-state index in [0.29, 0.717) is 13.1 Å². The molecule has 0 spiro atoms. The zero-order valence-electron chi connectivity index (χ0n) is 11.0. The normalized spacial score (nSPS) is 15.9. The molecule has 1 aromatic carbocycles. The first kappa shape index (κ1) is 14.3. The van der Waals surface area contributed by atoms with Gasteiger partial charge in [0.15, 0.2) is 12.4 Å². The highest BCUT2D eigenvalue weighted by molar-refractivity contribution is 5.78. The molecule has 1 aliphatic rings. The van der Waals surface area contributed by atoms with Crippen LogP contribution >= 0.6 is 0 Å². The Kier molecular flexibility index (Phi) is 4.52. The number of nitrogens with two attached hydrogens (primary N) is 1. The van der Waals surface area contributed by atoms with Gasteiger partial charge in [-0.15, -0.1) is 0 Å². The number of piperidine rings is 1. The topological polar surface area (TPSA) is 98.7 Å². The van der Waals surface area contributed by atoms with E-state index in [1.807, 2.05) is 0 Å². The molecule has 1 aromatic rings. The van der Waals surface area contributed by atoms with Crippen LogP contribution in [0, 0.1) is 10.1 Å². The minimum Gasteiger partial charge on any atom is -0.477 e. The van der Waals surface area contributed by atoms with Crippen molar-refractivity contribution in [2.45, 2.75) is 18.9 Å². The van der Waals surface area contributed by atoms with E-state index in [0.717, 1.165) is 12.8 Å². The van der Waals surface area contributed by atoms with E-state index in [2.05, 4.69) is 0 Å². The van der Waals surface area contributed by atoms with Crippen molar-refractivity contribution < 1.29 is 14.5 Å². The molecule has 2 rings (SSSR count). The molecule has 7 heteroatoms. The Morgan fingerprint density at radius 2 is 2.05 bits per heavy atom. The van der Waals surface area contributed by atoms with E-state index >= 15 is 0 Å². The third kappa shape index (κ3) is 3.45. The maximum atomic E-state index is 11.9. The lowest BCUT2D eigenvalue weighted by Gasteiger charge is -2.30. The first-order chi connectivity index (χ1) is 9.58. The van der Waals surface area contributed by atoms with Crippen LogP contribution in [0.4, 0.5) is 5.69 Å². The Morgan fingerprint density at radius 3 is 2.70 bits per heavy atom. The second kappa shape index (κ2) is 6.33. The Bertz CT molecular complexity index is 498. The van der Waals surface area contributed by atoms with Crippen molar-refractivity contribution in [3.8, 4) is 5.75 Å². The monoisotopic (exact) mass is 279 g/mol. The molecule has 0 aliphatic carbocycles. The standard InChI is InChI=1S/C13H17N3O4/c14-10-5-7-15(8-6-10)13(17)9-20-12-4-2-1-3-11(12)16(18)19/h1-4,10H,5-9,14H2. The predicted octanol–water partition coefficient (Wildman–Crippen LogP) is 0.923. The molecule has 20 heavy (non-hydrogen) atoms. The Morgan fingerprint density at radius 1 is 1.40 bits per heavy atom. The van der Waals surface area contributed by atoms with E-state index in [9.17, 15) is 14.9 Å². The maximum Gasteiger partial charge on any atom is 0.310 e. The van der Waals surface area contributed by atoms with Crippen molar-refractivity contribution in [2.75, 3.05) is 19.7 Å². The van der Waals surface area contributed by atoms with Gasteiger partial charge in [-0.05, 0) is 18.9 Å². The summed E-state index contributed by atoms with van der Waals surface area (Å²) in [7, 11) is 0. The Labute approximate surface area is 116 Å². The Balaban J connectivity index is 1.92. The number of ether oxygens (including phenoxy) is 1. The van der Waals surface area contributed by atoms with Crippen LogP contribution in [0.5, 0.6) is 5.75 Å². The fraction of sp³-hybridized carbons (Fsp3) is 0.462. The number of carbonyl (C=O) groups is 1. The molecule has 108 valence electrons. The number of rotatable bonds is 4. The lowest BCUT2D eigenvalue weighted by Crippen LogP contribution is -2.44. The highest BCUT2D eigenvalue weighted by atomic mass is 16.6. The van der Waals surface area contributed by atoms with Crippen molar-refractivity contribution in [1.29, 1.82) is 0 Å². The summed E-state index contributed by atoms with van der Waals surface area (Å²) in [5.41, 5.74) is 5.63. The highest BCUT2D eigenvalue weighted by Gasteiger charge is 2.22. The Hall–Kier alpha value is -2.15. The van der Waals surface area contributed by atoms with Crippen LogP contribution < -0.4 is 10.5 Å². The number of hydrogen-bond donors (Lipinski definition) is 1. The average molecular weight is 279 g/mol. The largest absolute Gasteiger partial charge is 0.477 e. The van der Waals surface area contributed by atoms with Gasteiger partial charge in [-0.1, -0.05) is 12.1 Å². The van der Waals surface area contributed by atoms with Gasteiger partial charge in [0.2, 0.25) is 0 Å². The summed E-state index contributed by atoms with van der Waals surface area (Å²) >= 11 is 0. The molecule has 0 radical (unpaired) electrons. The molecule has 7 nitrogen and oxygen atoms in total. The molecular formula is C13H17N3O4. The molecule has 1 heterocycles. The highest BCUT2D eigenvalue weighted by Crippen LogP contribution is 2.25. The number of hydrogen-bond acceptors (Lipinski definition) is 5. The van der Waals surface area contributed by atoms with Gasteiger partial charge < -0.3 is 15.4 Å². The zero-order chi connectivity index (χ0) is 14.5. The van der Waals surface area contributed by atoms with E-state index < -0.39 is 4.92 Å². The smallest absolute Gasteiger partial charge is 0.310 e. The van der Waals surface area contributed by atoms with Crippen LogP contribution in [0.15, 0.2) is 24.3 Å². The molecule has 0 aromatic heterocycles. The van der Waals surface area contributed by atoms with E-state index in [-0.39, 0.29) is 30.0 Å². The number of para-hydroxylation sites is 2. The van der Waals surface area contributed by atoms with Gasteiger partial charge in [0, 0.05) is 25.2 Å². The van der Waals surface area contributed by atoms with Crippen LogP contribution in [0.3, 0.4) is 0 Å². The van der Waals surface area contributed by atoms with Gasteiger partial charge in [0.25, 0.3) is 5.91 Å². The second-order valence-corrected chi connectivity index (χ2v) is 4.73. The van der Waals surface area contributed by atoms with Crippen molar-refractivity contribution >= 4 is 11.6 Å². The van der Waals surface area contributed by atoms with Crippen LogP contribution in [0.25, 0.3) is 0 Å². The lowest BCUT2D eigenvalue weighted by atomic mass is 10.1. The van der Waals surface area contributed by atoms with Gasteiger partial charge in [-0.25, -0.2) is 0 Å². The molecule has 0 saturated carbocycles. The van der Waals surface area contributed by atoms with Gasteiger partial charge in [-0.2, -0.15) is 0 Å². The number of benzene rings is 1. The van der Waals surface area contributed by atoms with Gasteiger partial charge in [-0.3, -0.25) is 14.9 Å².